The number of urea groups is 1. The van der Waals surface area contributed by atoms with Crippen molar-refractivity contribution in [2.45, 2.75) is 32.0 Å². The molecule has 3 N–H and O–H groups in total. The monoisotopic (exact) mass is 441 g/mol. The third kappa shape index (κ3) is 4.38. The van der Waals surface area contributed by atoms with Gasteiger partial charge >= 0.3 is 6.03 Å². The highest BCUT2D eigenvalue weighted by Crippen LogP contribution is 2.33. The number of fused-ring (bicyclic) bond motifs is 1. The molecular weight excluding hydrogens is 418 g/mol. The van der Waals surface area contributed by atoms with Crippen molar-refractivity contribution in [2.75, 3.05) is 24.3 Å². The number of anilines is 2. The van der Waals surface area contributed by atoms with E-state index >= 15 is 0 Å². The minimum absolute atomic E-state index is 0.203. The molecule has 5 amide bonds. The number of nitrogens with one attached hydrogen (secondary N) is 3. The van der Waals surface area contributed by atoms with Crippen LogP contribution in [0.2, 0.25) is 0 Å². The molecule has 1 fully saturated rings. The number of thiophene rings is 1. The minimum Gasteiger partial charge on any atom is -0.378 e. The summed E-state index contributed by atoms with van der Waals surface area (Å²) in [6, 6.07) is 8.45. The molecule has 1 aromatic carbocycles. The van der Waals surface area contributed by atoms with Crippen LogP contribution in [-0.2, 0) is 22.7 Å². The summed E-state index contributed by atoms with van der Waals surface area (Å²) >= 11 is 1.32. The van der Waals surface area contributed by atoms with E-state index in [4.69, 9.17) is 0 Å². The van der Waals surface area contributed by atoms with Gasteiger partial charge in [-0.25, -0.2) is 4.79 Å². The second kappa shape index (κ2) is 8.38. The van der Waals surface area contributed by atoms with E-state index < -0.39 is 11.9 Å². The summed E-state index contributed by atoms with van der Waals surface area (Å²) in [4.78, 5) is 53.4. The van der Waals surface area contributed by atoms with E-state index in [0.29, 0.717) is 30.1 Å². The Kier molecular flexibility index (Phi) is 5.64. The lowest BCUT2D eigenvalue weighted by molar-refractivity contribution is -0.136. The number of nitrogens with zero attached hydrogens (tertiary/aromatic N) is 2. The number of hydrogen-bond donors (Lipinski definition) is 3. The maximum atomic E-state index is 12.8. The smallest absolute Gasteiger partial charge is 0.319 e. The van der Waals surface area contributed by atoms with Gasteiger partial charge in [-0.1, -0.05) is 6.07 Å². The number of hydrogen-bond acceptors (Lipinski definition) is 6. The molecule has 0 saturated carbocycles. The van der Waals surface area contributed by atoms with Crippen molar-refractivity contribution >= 4 is 46.5 Å². The van der Waals surface area contributed by atoms with Crippen LogP contribution >= 0.6 is 11.3 Å². The Morgan fingerprint density at radius 2 is 2.06 bits per heavy atom. The Morgan fingerprint density at radius 1 is 1.26 bits per heavy atom. The summed E-state index contributed by atoms with van der Waals surface area (Å²) in [7, 11) is 3.86. The summed E-state index contributed by atoms with van der Waals surface area (Å²) in [5, 5.41) is 7.91. The minimum atomic E-state index is -0.616. The van der Waals surface area contributed by atoms with Crippen molar-refractivity contribution < 1.29 is 19.2 Å². The Hall–Kier alpha value is -3.40. The quantitative estimate of drug-likeness (QED) is 0.614. The average molecular weight is 442 g/mol. The second-order valence-corrected chi connectivity index (χ2v) is 8.86. The van der Waals surface area contributed by atoms with E-state index in [-0.39, 0.29) is 24.3 Å². The number of rotatable bonds is 5. The van der Waals surface area contributed by atoms with Gasteiger partial charge in [0.1, 0.15) is 6.04 Å². The van der Waals surface area contributed by atoms with Gasteiger partial charge in [-0.05, 0) is 36.2 Å². The van der Waals surface area contributed by atoms with E-state index in [2.05, 4.69) is 16.0 Å². The Morgan fingerprint density at radius 3 is 2.77 bits per heavy atom. The maximum Gasteiger partial charge on any atom is 0.319 e. The van der Waals surface area contributed by atoms with Gasteiger partial charge in [0.15, 0.2) is 0 Å². The van der Waals surface area contributed by atoms with Crippen LogP contribution < -0.4 is 20.9 Å². The summed E-state index contributed by atoms with van der Waals surface area (Å²) in [5.41, 5.74) is 2.51. The van der Waals surface area contributed by atoms with Gasteiger partial charge in [0.05, 0.1) is 11.4 Å². The first kappa shape index (κ1) is 20.9. The molecule has 4 rings (SSSR count). The first-order valence-corrected chi connectivity index (χ1v) is 10.7. The SMILES string of the molecule is CN(C)c1cccc(NC(=O)NCc2cc3c(s2)C(=O)N(C2CCC(=O)NC2=O)C3)c1. The molecule has 0 bridgehead atoms. The normalized spacial score (nSPS) is 17.9. The molecule has 2 aromatic rings. The standard InChI is InChI=1S/C21H23N5O4S/c1-25(2)14-5-3-4-13(9-14)23-21(30)22-10-15-8-12-11-26(20(29)18(12)31-15)16-6-7-17(27)24-19(16)28/h3-5,8-9,16H,6-7,10-11H2,1-2H3,(H2,22,23,30)(H,24,27,28). The summed E-state index contributed by atoms with van der Waals surface area (Å²) in [6.07, 6.45) is 0.574. The van der Waals surface area contributed by atoms with Crippen molar-refractivity contribution in [1.82, 2.24) is 15.5 Å². The van der Waals surface area contributed by atoms with Gasteiger partial charge in [0.2, 0.25) is 11.8 Å². The number of carbonyl (C=O) groups excluding carboxylic acids is 4. The van der Waals surface area contributed by atoms with Gasteiger partial charge in [0, 0.05) is 43.3 Å². The lowest BCUT2D eigenvalue weighted by Gasteiger charge is -2.29. The zero-order valence-electron chi connectivity index (χ0n) is 17.2. The molecule has 1 atom stereocenters. The number of imide groups is 1. The summed E-state index contributed by atoms with van der Waals surface area (Å²) < 4.78 is 0. The first-order valence-electron chi connectivity index (χ1n) is 9.90. The number of benzene rings is 1. The molecule has 2 aliphatic heterocycles. The fraction of sp³-hybridized carbons (Fsp3) is 0.333. The fourth-order valence-corrected chi connectivity index (χ4v) is 4.76. The van der Waals surface area contributed by atoms with Crippen LogP contribution in [-0.4, -0.2) is 48.8 Å². The zero-order valence-corrected chi connectivity index (χ0v) is 18.0. The summed E-state index contributed by atoms with van der Waals surface area (Å²) in [5.74, 6) is -0.926. The average Bonchev–Trinajstić information content (AvgIpc) is 3.26. The summed E-state index contributed by atoms with van der Waals surface area (Å²) in [6.45, 7) is 0.628. The largest absolute Gasteiger partial charge is 0.378 e. The van der Waals surface area contributed by atoms with Gasteiger partial charge in [-0.15, -0.1) is 11.3 Å². The van der Waals surface area contributed by atoms with Crippen LogP contribution in [0.5, 0.6) is 0 Å². The van der Waals surface area contributed by atoms with Crippen molar-refractivity contribution in [3.8, 4) is 0 Å². The van der Waals surface area contributed by atoms with Crippen LogP contribution in [0, 0.1) is 0 Å². The predicted molar refractivity (Wildman–Crippen MR) is 117 cm³/mol. The Labute approximate surface area is 183 Å². The zero-order chi connectivity index (χ0) is 22.1. The van der Waals surface area contributed by atoms with Crippen molar-refractivity contribution in [3.05, 3.63) is 45.6 Å². The first-order chi connectivity index (χ1) is 14.8. The molecule has 2 aliphatic rings. The molecular formula is C21H23N5O4S. The van der Waals surface area contributed by atoms with Crippen LogP contribution in [0.4, 0.5) is 16.2 Å². The third-order valence-corrected chi connectivity index (χ3v) is 6.45. The highest BCUT2D eigenvalue weighted by Gasteiger charge is 2.40. The molecule has 1 aromatic heterocycles. The maximum absolute atomic E-state index is 12.8. The number of amides is 5. The molecule has 0 aliphatic carbocycles. The molecule has 3 heterocycles. The highest BCUT2D eigenvalue weighted by molar-refractivity contribution is 7.14. The molecule has 0 spiro atoms. The van der Waals surface area contributed by atoms with E-state index in [1.807, 2.05) is 49.3 Å². The van der Waals surface area contributed by atoms with E-state index in [9.17, 15) is 19.2 Å². The molecule has 162 valence electrons. The van der Waals surface area contributed by atoms with E-state index in [1.54, 1.807) is 0 Å². The van der Waals surface area contributed by atoms with Crippen LogP contribution in [0.15, 0.2) is 30.3 Å². The second-order valence-electron chi connectivity index (χ2n) is 7.72. The van der Waals surface area contributed by atoms with E-state index in [0.717, 1.165) is 16.1 Å². The van der Waals surface area contributed by atoms with Crippen molar-refractivity contribution in [2.24, 2.45) is 0 Å². The molecule has 0 radical (unpaired) electrons. The molecule has 10 heteroatoms. The topological polar surface area (TPSA) is 111 Å². The highest BCUT2D eigenvalue weighted by atomic mass is 32.1. The Balaban J connectivity index is 1.34. The van der Waals surface area contributed by atoms with Gasteiger partial charge in [-0.3, -0.25) is 19.7 Å². The van der Waals surface area contributed by atoms with E-state index in [1.165, 1.54) is 16.2 Å². The Bertz CT molecular complexity index is 1060. The van der Waals surface area contributed by atoms with Crippen LogP contribution in [0.1, 0.15) is 33.0 Å². The fourth-order valence-electron chi connectivity index (χ4n) is 3.69. The molecule has 1 saturated heterocycles. The third-order valence-electron chi connectivity index (χ3n) is 5.29. The number of carbonyl (C=O) groups is 4. The van der Waals surface area contributed by atoms with Gasteiger partial charge < -0.3 is 20.4 Å². The van der Waals surface area contributed by atoms with Crippen molar-refractivity contribution in [3.63, 3.8) is 0 Å². The lowest BCUT2D eigenvalue weighted by Crippen LogP contribution is -2.52. The van der Waals surface area contributed by atoms with Crippen LogP contribution in [0.3, 0.4) is 0 Å². The molecule has 9 nitrogen and oxygen atoms in total. The molecule has 1 unspecified atom stereocenters. The lowest BCUT2D eigenvalue weighted by atomic mass is 10.0. The number of piperidine rings is 1. The van der Waals surface area contributed by atoms with Crippen molar-refractivity contribution in [1.29, 1.82) is 0 Å². The predicted octanol–water partition coefficient (Wildman–Crippen LogP) is 1.90. The van der Waals surface area contributed by atoms with Gasteiger partial charge in [-0.2, -0.15) is 0 Å². The molecule has 31 heavy (non-hydrogen) atoms. The van der Waals surface area contributed by atoms with Gasteiger partial charge in [0.25, 0.3) is 5.91 Å². The van der Waals surface area contributed by atoms with Crippen LogP contribution in [0.25, 0.3) is 0 Å².